The van der Waals surface area contributed by atoms with E-state index in [4.69, 9.17) is 4.74 Å². The van der Waals surface area contributed by atoms with Crippen LogP contribution in [-0.4, -0.2) is 18.4 Å². The summed E-state index contributed by atoms with van der Waals surface area (Å²) in [6.45, 7) is 2.49. The minimum absolute atomic E-state index is 0.0424. The average molecular weight is 388 g/mol. The maximum atomic E-state index is 12.4. The summed E-state index contributed by atoms with van der Waals surface area (Å²) < 4.78 is 5.83. The maximum Gasteiger partial charge on any atom is 0.251 e. The molecular weight excluding hydrogens is 364 g/mol. The molecule has 5 heteroatoms. The highest BCUT2D eigenvalue weighted by atomic mass is 16.5. The van der Waals surface area contributed by atoms with Crippen molar-refractivity contribution >= 4 is 11.8 Å². The van der Waals surface area contributed by atoms with Crippen LogP contribution in [0.25, 0.3) is 0 Å². The zero-order valence-electron chi connectivity index (χ0n) is 16.4. The third kappa shape index (κ3) is 6.50. The van der Waals surface area contributed by atoms with E-state index in [1.54, 1.807) is 12.1 Å². The summed E-state index contributed by atoms with van der Waals surface area (Å²) in [6.07, 6.45) is 0.732. The van der Waals surface area contributed by atoms with E-state index in [1.807, 2.05) is 66.7 Å². The van der Waals surface area contributed by atoms with E-state index in [-0.39, 0.29) is 11.8 Å². The van der Waals surface area contributed by atoms with E-state index in [0.29, 0.717) is 18.7 Å². The first-order valence-corrected chi connectivity index (χ1v) is 9.53. The number of hydrogen-bond acceptors (Lipinski definition) is 3. The highest BCUT2D eigenvalue weighted by molar-refractivity contribution is 5.94. The Balaban J connectivity index is 1.52. The molecule has 29 heavy (non-hydrogen) atoms. The molecule has 3 rings (SSSR count). The lowest BCUT2D eigenvalue weighted by atomic mass is 10.1. The van der Waals surface area contributed by atoms with Crippen molar-refractivity contribution in [3.63, 3.8) is 0 Å². The minimum atomic E-state index is -0.132. The van der Waals surface area contributed by atoms with Crippen LogP contribution >= 0.6 is 0 Å². The van der Waals surface area contributed by atoms with E-state index >= 15 is 0 Å². The SMILES string of the molecule is CC(=O)NCCc1ccc(C(=O)NCc2cccc(Oc3ccccc3)c2)cc1. The van der Waals surface area contributed by atoms with E-state index in [9.17, 15) is 9.59 Å². The zero-order chi connectivity index (χ0) is 20.5. The number of carbonyl (C=O) groups excluding carboxylic acids is 2. The van der Waals surface area contributed by atoms with Gasteiger partial charge in [-0.2, -0.15) is 0 Å². The summed E-state index contributed by atoms with van der Waals surface area (Å²) in [5.74, 6) is 1.32. The molecule has 0 unspecified atom stereocenters. The van der Waals surface area contributed by atoms with Gasteiger partial charge in [0.2, 0.25) is 5.91 Å². The number of benzene rings is 3. The lowest BCUT2D eigenvalue weighted by Crippen LogP contribution is -2.23. The van der Waals surface area contributed by atoms with Crippen LogP contribution in [0.2, 0.25) is 0 Å². The third-order valence-corrected chi connectivity index (χ3v) is 4.33. The van der Waals surface area contributed by atoms with Crippen molar-refractivity contribution in [1.82, 2.24) is 10.6 Å². The normalized spacial score (nSPS) is 10.2. The predicted octanol–water partition coefficient (Wildman–Crippen LogP) is 4.09. The van der Waals surface area contributed by atoms with Gasteiger partial charge in [-0.3, -0.25) is 9.59 Å². The van der Waals surface area contributed by atoms with Crippen LogP contribution in [0, 0.1) is 0 Å². The average Bonchev–Trinajstić information content (AvgIpc) is 2.73. The second kappa shape index (κ2) is 10.1. The van der Waals surface area contributed by atoms with Gasteiger partial charge in [0.1, 0.15) is 11.5 Å². The fourth-order valence-electron chi connectivity index (χ4n) is 2.83. The topological polar surface area (TPSA) is 67.4 Å². The zero-order valence-corrected chi connectivity index (χ0v) is 16.4. The van der Waals surface area contributed by atoms with Crippen LogP contribution in [0.3, 0.4) is 0 Å². The van der Waals surface area contributed by atoms with E-state index in [1.165, 1.54) is 6.92 Å². The molecule has 0 fully saturated rings. The molecule has 0 aromatic heterocycles. The molecule has 0 bridgehead atoms. The highest BCUT2D eigenvalue weighted by Gasteiger charge is 2.06. The van der Waals surface area contributed by atoms with Gasteiger partial charge >= 0.3 is 0 Å². The van der Waals surface area contributed by atoms with E-state index in [0.717, 1.165) is 29.0 Å². The number of nitrogens with one attached hydrogen (secondary N) is 2. The molecule has 0 aliphatic rings. The van der Waals surface area contributed by atoms with Gasteiger partial charge in [-0.05, 0) is 53.9 Å². The van der Waals surface area contributed by atoms with Crippen LogP contribution in [0.5, 0.6) is 11.5 Å². The first kappa shape index (κ1) is 20.1. The third-order valence-electron chi connectivity index (χ3n) is 4.33. The second-order valence-corrected chi connectivity index (χ2v) is 6.68. The fraction of sp³-hybridized carbons (Fsp3) is 0.167. The van der Waals surface area contributed by atoms with Crippen molar-refractivity contribution < 1.29 is 14.3 Å². The molecule has 2 amide bonds. The lowest BCUT2D eigenvalue weighted by Gasteiger charge is -2.09. The minimum Gasteiger partial charge on any atom is -0.457 e. The Hall–Kier alpha value is -3.60. The molecule has 3 aromatic rings. The number of amides is 2. The smallest absolute Gasteiger partial charge is 0.251 e. The number of ether oxygens (including phenoxy) is 1. The van der Waals surface area contributed by atoms with Gasteiger partial charge in [0, 0.05) is 25.6 Å². The summed E-state index contributed by atoms with van der Waals surface area (Å²) >= 11 is 0. The Kier molecular flexibility index (Phi) is 7.00. The number of para-hydroxylation sites is 1. The van der Waals surface area contributed by atoms with Crippen LogP contribution < -0.4 is 15.4 Å². The molecule has 0 aliphatic carbocycles. The Bertz CT molecular complexity index is 953. The predicted molar refractivity (Wildman–Crippen MR) is 113 cm³/mol. The number of rotatable bonds is 8. The molecule has 0 atom stereocenters. The molecule has 0 radical (unpaired) electrons. The monoisotopic (exact) mass is 388 g/mol. The van der Waals surface area contributed by atoms with Crippen molar-refractivity contribution in [3.05, 3.63) is 95.6 Å². The standard InChI is InChI=1S/C24H24N2O3/c1-18(27)25-15-14-19-10-12-21(13-11-19)24(28)26-17-20-6-5-9-23(16-20)29-22-7-3-2-4-8-22/h2-13,16H,14-15,17H2,1H3,(H,25,27)(H,26,28). The molecule has 0 aliphatic heterocycles. The first-order valence-electron chi connectivity index (χ1n) is 9.53. The second-order valence-electron chi connectivity index (χ2n) is 6.68. The lowest BCUT2D eigenvalue weighted by molar-refractivity contribution is -0.118. The van der Waals surface area contributed by atoms with Crippen LogP contribution in [0.4, 0.5) is 0 Å². The van der Waals surface area contributed by atoms with Crippen molar-refractivity contribution in [2.45, 2.75) is 19.9 Å². The van der Waals surface area contributed by atoms with E-state index < -0.39 is 0 Å². The molecule has 2 N–H and O–H groups in total. The van der Waals surface area contributed by atoms with Gasteiger partial charge in [-0.1, -0.05) is 42.5 Å². The van der Waals surface area contributed by atoms with Crippen LogP contribution in [0.15, 0.2) is 78.9 Å². The summed E-state index contributed by atoms with van der Waals surface area (Å²) in [6, 6.07) is 24.6. The highest BCUT2D eigenvalue weighted by Crippen LogP contribution is 2.21. The van der Waals surface area contributed by atoms with Gasteiger partial charge in [0.15, 0.2) is 0 Å². The number of hydrogen-bond donors (Lipinski definition) is 2. The Morgan fingerprint density at radius 1 is 0.793 bits per heavy atom. The Morgan fingerprint density at radius 2 is 1.52 bits per heavy atom. The Morgan fingerprint density at radius 3 is 2.24 bits per heavy atom. The number of carbonyl (C=O) groups is 2. The quantitative estimate of drug-likeness (QED) is 0.611. The molecule has 148 valence electrons. The molecule has 3 aromatic carbocycles. The van der Waals surface area contributed by atoms with Crippen molar-refractivity contribution in [2.75, 3.05) is 6.54 Å². The van der Waals surface area contributed by atoms with Gasteiger partial charge in [-0.25, -0.2) is 0 Å². The summed E-state index contributed by atoms with van der Waals surface area (Å²) in [4.78, 5) is 23.3. The first-order chi connectivity index (χ1) is 14.1. The van der Waals surface area contributed by atoms with Crippen molar-refractivity contribution in [2.24, 2.45) is 0 Å². The maximum absolute atomic E-state index is 12.4. The van der Waals surface area contributed by atoms with Gasteiger partial charge < -0.3 is 15.4 Å². The molecule has 5 nitrogen and oxygen atoms in total. The fourth-order valence-corrected chi connectivity index (χ4v) is 2.83. The van der Waals surface area contributed by atoms with Crippen molar-refractivity contribution in [1.29, 1.82) is 0 Å². The Labute approximate surface area is 170 Å². The molecular formula is C24H24N2O3. The van der Waals surface area contributed by atoms with Crippen LogP contribution in [0.1, 0.15) is 28.4 Å². The van der Waals surface area contributed by atoms with E-state index in [2.05, 4.69) is 10.6 Å². The van der Waals surface area contributed by atoms with Gasteiger partial charge in [0.05, 0.1) is 0 Å². The molecule has 0 saturated heterocycles. The van der Waals surface area contributed by atoms with Gasteiger partial charge in [-0.15, -0.1) is 0 Å². The van der Waals surface area contributed by atoms with Crippen LogP contribution in [-0.2, 0) is 17.8 Å². The van der Waals surface area contributed by atoms with Crippen molar-refractivity contribution in [3.8, 4) is 11.5 Å². The summed E-state index contributed by atoms with van der Waals surface area (Å²) in [7, 11) is 0. The molecule has 0 spiro atoms. The summed E-state index contributed by atoms with van der Waals surface area (Å²) in [5, 5.41) is 5.69. The summed E-state index contributed by atoms with van der Waals surface area (Å²) in [5.41, 5.74) is 2.63. The largest absolute Gasteiger partial charge is 0.457 e. The molecule has 0 saturated carbocycles. The molecule has 0 heterocycles. The van der Waals surface area contributed by atoms with Gasteiger partial charge in [0.25, 0.3) is 5.91 Å².